The van der Waals surface area contributed by atoms with Crippen molar-refractivity contribution in [1.82, 2.24) is 4.98 Å². The molecule has 0 radical (unpaired) electrons. The zero-order chi connectivity index (χ0) is 18.0. The van der Waals surface area contributed by atoms with Crippen LogP contribution in [0.15, 0.2) is 46.4 Å². The molecule has 1 N–H and O–H groups in total. The molecule has 0 aliphatic rings. The summed E-state index contributed by atoms with van der Waals surface area (Å²) in [6, 6.07) is 7.37. The summed E-state index contributed by atoms with van der Waals surface area (Å²) in [6.45, 7) is 1.37. The fourth-order valence-corrected chi connectivity index (χ4v) is 2.93. The molecule has 2 aromatic heterocycles. The lowest BCUT2D eigenvalue weighted by Gasteiger charge is -2.12. The molecular weight excluding hydrogens is 353 g/mol. The van der Waals surface area contributed by atoms with Crippen molar-refractivity contribution in [2.75, 3.05) is 5.32 Å². The molecule has 0 atom stereocenters. The molecule has 0 unspecified atom stereocenters. The monoisotopic (exact) mass is 366 g/mol. The van der Waals surface area contributed by atoms with Crippen LogP contribution in [0.5, 0.6) is 0 Å². The summed E-state index contributed by atoms with van der Waals surface area (Å²) in [5.74, 6) is -0.0597. The minimum Gasteiger partial charge on any atom is -0.444 e. The minimum atomic E-state index is -4.47. The molecule has 0 saturated heterocycles. The van der Waals surface area contributed by atoms with Crippen molar-refractivity contribution < 1.29 is 22.4 Å². The highest BCUT2D eigenvalue weighted by molar-refractivity contribution is 7.13. The number of nitrogens with zero attached hydrogens (tertiary/aromatic N) is 1. The molecule has 130 valence electrons. The van der Waals surface area contributed by atoms with Gasteiger partial charge in [0.05, 0.1) is 22.6 Å². The largest absolute Gasteiger partial charge is 0.444 e. The van der Waals surface area contributed by atoms with Gasteiger partial charge in [-0.15, -0.1) is 11.3 Å². The van der Waals surface area contributed by atoms with Crippen molar-refractivity contribution in [3.05, 3.63) is 58.8 Å². The molecule has 8 heteroatoms. The van der Waals surface area contributed by atoms with Crippen LogP contribution in [0.2, 0.25) is 0 Å². The first-order valence-electron chi connectivity index (χ1n) is 7.29. The molecule has 4 nitrogen and oxygen atoms in total. The van der Waals surface area contributed by atoms with Gasteiger partial charge in [-0.25, -0.2) is 4.98 Å². The molecular formula is C17H13F3N2O2S. The van der Waals surface area contributed by atoms with Crippen LogP contribution in [0, 0.1) is 6.92 Å². The first kappa shape index (κ1) is 17.2. The highest BCUT2D eigenvalue weighted by Crippen LogP contribution is 2.33. The highest BCUT2D eigenvalue weighted by Gasteiger charge is 2.32. The summed E-state index contributed by atoms with van der Waals surface area (Å²) >= 11 is 1.45. The van der Waals surface area contributed by atoms with Crippen LogP contribution in [0.3, 0.4) is 0 Å². The van der Waals surface area contributed by atoms with Crippen molar-refractivity contribution in [2.45, 2.75) is 19.5 Å². The topological polar surface area (TPSA) is 55.1 Å². The van der Waals surface area contributed by atoms with Crippen molar-refractivity contribution in [3.8, 4) is 10.8 Å². The number of hydrogen-bond donors (Lipinski definition) is 1. The predicted molar refractivity (Wildman–Crippen MR) is 88.3 cm³/mol. The number of benzene rings is 1. The Balaban J connectivity index is 1.69. The van der Waals surface area contributed by atoms with E-state index in [0.29, 0.717) is 11.6 Å². The number of oxazole rings is 1. The summed E-state index contributed by atoms with van der Waals surface area (Å²) in [4.78, 5) is 17.1. The van der Waals surface area contributed by atoms with Crippen molar-refractivity contribution in [1.29, 1.82) is 0 Å². The summed E-state index contributed by atoms with van der Waals surface area (Å²) in [6.07, 6.45) is -3.19. The molecule has 3 rings (SSSR count). The summed E-state index contributed by atoms with van der Waals surface area (Å²) < 4.78 is 44.1. The Bertz CT molecular complexity index is 886. The third kappa shape index (κ3) is 4.08. The molecule has 1 aromatic carbocycles. The second-order valence-corrected chi connectivity index (χ2v) is 6.32. The molecule has 3 aromatic rings. The third-order valence-electron chi connectivity index (χ3n) is 3.45. The Morgan fingerprint density at radius 2 is 2.12 bits per heavy atom. The first-order valence-corrected chi connectivity index (χ1v) is 8.17. The summed E-state index contributed by atoms with van der Waals surface area (Å²) in [7, 11) is 0. The van der Waals surface area contributed by atoms with Crippen molar-refractivity contribution in [3.63, 3.8) is 0 Å². The maximum absolute atomic E-state index is 12.9. The van der Waals surface area contributed by atoms with Crippen LogP contribution in [-0.2, 0) is 17.4 Å². The Hall–Kier alpha value is -2.61. The number of carbonyl (C=O) groups excluding carboxylic acids is 1. The van der Waals surface area contributed by atoms with Gasteiger partial charge in [0.25, 0.3) is 0 Å². The number of alkyl halides is 3. The number of nitrogens with one attached hydrogen (secondary N) is 1. The van der Waals surface area contributed by atoms with Crippen LogP contribution >= 0.6 is 11.3 Å². The second-order valence-electron chi connectivity index (χ2n) is 5.37. The smallest absolute Gasteiger partial charge is 0.416 e. The Morgan fingerprint density at radius 1 is 1.32 bits per heavy atom. The number of halogens is 3. The average molecular weight is 366 g/mol. The van der Waals surface area contributed by atoms with Gasteiger partial charge in [-0.3, -0.25) is 4.79 Å². The van der Waals surface area contributed by atoms with Gasteiger partial charge in [-0.2, -0.15) is 13.2 Å². The Morgan fingerprint density at radius 3 is 2.80 bits per heavy atom. The van der Waals surface area contributed by atoms with Crippen LogP contribution in [0.4, 0.5) is 18.9 Å². The van der Waals surface area contributed by atoms with E-state index in [0.717, 1.165) is 10.9 Å². The number of carbonyl (C=O) groups is 1. The number of aryl methyl sites for hydroxylation is 1. The number of rotatable bonds is 4. The molecule has 0 saturated carbocycles. The normalized spacial score (nSPS) is 11.5. The van der Waals surface area contributed by atoms with Gasteiger partial charge < -0.3 is 9.73 Å². The molecule has 1 amide bonds. The van der Waals surface area contributed by atoms with Crippen LogP contribution in [-0.4, -0.2) is 10.9 Å². The number of anilines is 1. The summed E-state index contributed by atoms with van der Waals surface area (Å²) in [5, 5.41) is 4.33. The van der Waals surface area contributed by atoms with Crippen LogP contribution < -0.4 is 5.32 Å². The third-order valence-corrected chi connectivity index (χ3v) is 4.31. The molecule has 0 spiro atoms. The van der Waals surface area contributed by atoms with E-state index in [4.69, 9.17) is 4.42 Å². The SMILES string of the molecule is Cc1ccc(NC(=O)Cc2coc(-c3cccs3)n2)cc1C(F)(F)F. The average Bonchev–Trinajstić information content (AvgIpc) is 3.19. The lowest BCUT2D eigenvalue weighted by Crippen LogP contribution is -2.16. The molecule has 0 fully saturated rings. The van der Waals surface area contributed by atoms with Gasteiger partial charge in [0.1, 0.15) is 6.26 Å². The predicted octanol–water partition coefficient (Wildman–Crippen LogP) is 4.91. The van der Waals surface area contributed by atoms with Gasteiger partial charge in [-0.05, 0) is 36.1 Å². The lowest BCUT2D eigenvalue weighted by atomic mass is 10.1. The van der Waals surface area contributed by atoms with Crippen molar-refractivity contribution in [2.24, 2.45) is 0 Å². The Kier molecular flexibility index (Phi) is 4.63. The molecule has 25 heavy (non-hydrogen) atoms. The number of amides is 1. The number of aromatic nitrogens is 1. The zero-order valence-electron chi connectivity index (χ0n) is 13.1. The van der Waals surface area contributed by atoms with E-state index in [2.05, 4.69) is 10.3 Å². The second kappa shape index (κ2) is 6.72. The summed E-state index contributed by atoms with van der Waals surface area (Å²) in [5.41, 5.74) is -0.178. The van der Waals surface area contributed by atoms with Crippen molar-refractivity contribution >= 4 is 22.9 Å². The number of thiophene rings is 1. The quantitative estimate of drug-likeness (QED) is 0.714. The zero-order valence-corrected chi connectivity index (χ0v) is 13.9. The maximum Gasteiger partial charge on any atom is 0.416 e. The van der Waals surface area contributed by atoms with Gasteiger partial charge in [0.15, 0.2) is 0 Å². The fourth-order valence-electron chi connectivity index (χ4n) is 2.28. The van der Waals surface area contributed by atoms with Gasteiger partial charge in [0.2, 0.25) is 11.8 Å². The van der Waals surface area contributed by atoms with E-state index in [1.54, 1.807) is 0 Å². The molecule has 0 aliphatic heterocycles. The van der Waals surface area contributed by atoms with E-state index < -0.39 is 17.6 Å². The lowest BCUT2D eigenvalue weighted by molar-refractivity contribution is -0.138. The fraction of sp³-hybridized carbons (Fsp3) is 0.176. The Labute approximate surface area is 145 Å². The number of hydrogen-bond acceptors (Lipinski definition) is 4. The van der Waals surface area contributed by atoms with E-state index >= 15 is 0 Å². The van der Waals surface area contributed by atoms with Gasteiger partial charge in [-0.1, -0.05) is 12.1 Å². The van der Waals surface area contributed by atoms with E-state index in [1.807, 2.05) is 17.5 Å². The highest BCUT2D eigenvalue weighted by atomic mass is 32.1. The standard InChI is InChI=1S/C17H13F3N2O2S/c1-10-4-5-11(7-13(10)17(18,19)20)21-15(23)8-12-9-24-16(22-12)14-3-2-6-25-14/h2-7,9H,8H2,1H3,(H,21,23). The van der Waals surface area contributed by atoms with E-state index in [-0.39, 0.29) is 17.7 Å². The van der Waals surface area contributed by atoms with Crippen LogP contribution in [0.25, 0.3) is 10.8 Å². The first-order chi connectivity index (χ1) is 11.8. The molecule has 0 bridgehead atoms. The maximum atomic E-state index is 12.9. The molecule has 2 heterocycles. The van der Waals surface area contributed by atoms with Crippen LogP contribution in [0.1, 0.15) is 16.8 Å². The van der Waals surface area contributed by atoms with E-state index in [1.165, 1.54) is 36.7 Å². The van der Waals surface area contributed by atoms with E-state index in [9.17, 15) is 18.0 Å². The van der Waals surface area contributed by atoms with Gasteiger partial charge in [0, 0.05) is 5.69 Å². The van der Waals surface area contributed by atoms with Gasteiger partial charge >= 0.3 is 6.18 Å². The molecule has 0 aliphatic carbocycles. The minimum absolute atomic E-state index is 0.0879.